The van der Waals surface area contributed by atoms with Crippen LogP contribution in [0.5, 0.6) is 0 Å². The van der Waals surface area contributed by atoms with E-state index in [-0.39, 0.29) is 11.1 Å². The molecule has 2 heterocycles. The van der Waals surface area contributed by atoms with E-state index in [2.05, 4.69) is 9.56 Å². The van der Waals surface area contributed by atoms with Crippen LogP contribution in [0.2, 0.25) is 10.0 Å². The summed E-state index contributed by atoms with van der Waals surface area (Å²) < 4.78 is 2.10. The summed E-state index contributed by atoms with van der Waals surface area (Å²) in [5.74, 6) is -0.301. The summed E-state index contributed by atoms with van der Waals surface area (Å²) in [6.07, 6.45) is 3.84. The van der Waals surface area contributed by atoms with Crippen molar-refractivity contribution >= 4 is 63.0 Å². The number of amides is 1. The quantitative estimate of drug-likeness (QED) is 0.633. The van der Waals surface area contributed by atoms with Crippen LogP contribution < -0.4 is 5.73 Å². The highest BCUT2D eigenvalue weighted by Crippen LogP contribution is 2.31. The van der Waals surface area contributed by atoms with Crippen LogP contribution in [-0.4, -0.2) is 15.6 Å². The van der Waals surface area contributed by atoms with Crippen LogP contribution in [0.25, 0.3) is 17.0 Å². The fourth-order valence-corrected chi connectivity index (χ4v) is 4.06. The van der Waals surface area contributed by atoms with E-state index in [1.165, 1.54) is 11.8 Å². The molecule has 0 radical (unpaired) electrons. The largest absolute Gasteiger partial charge is 0.378 e. The fraction of sp³-hybridized carbons (Fsp3) is 0.0526. The van der Waals surface area contributed by atoms with Gasteiger partial charge in [-0.15, -0.1) is 0 Å². The second kappa shape index (κ2) is 6.83. The SMILES string of the molecule is NC1=NC(=O)/C(=C/c2cn(Cc3ccc(Cl)cc3Cl)c3ccccc23)S1. The molecule has 0 fully saturated rings. The van der Waals surface area contributed by atoms with Gasteiger partial charge in [0.25, 0.3) is 5.91 Å². The lowest BCUT2D eigenvalue weighted by Crippen LogP contribution is -2.01. The second-order valence-electron chi connectivity index (χ2n) is 5.83. The van der Waals surface area contributed by atoms with Crippen LogP contribution in [0.3, 0.4) is 0 Å². The molecule has 2 N–H and O–H groups in total. The summed E-state index contributed by atoms with van der Waals surface area (Å²) in [5.41, 5.74) is 8.59. The molecule has 0 saturated heterocycles. The molecular formula is C19H13Cl2N3OS. The maximum atomic E-state index is 11.9. The Morgan fingerprint density at radius 1 is 1.19 bits per heavy atom. The summed E-state index contributed by atoms with van der Waals surface area (Å²) in [7, 11) is 0. The number of aromatic nitrogens is 1. The molecule has 1 aliphatic heterocycles. The Labute approximate surface area is 164 Å². The minimum Gasteiger partial charge on any atom is -0.378 e. The average Bonchev–Trinajstić information content (AvgIpc) is 3.11. The molecular weight excluding hydrogens is 389 g/mol. The van der Waals surface area contributed by atoms with E-state index in [4.69, 9.17) is 28.9 Å². The van der Waals surface area contributed by atoms with Crippen molar-refractivity contribution < 1.29 is 4.79 Å². The number of hydrogen-bond acceptors (Lipinski definition) is 3. The highest BCUT2D eigenvalue weighted by atomic mass is 35.5. The van der Waals surface area contributed by atoms with Crippen molar-refractivity contribution in [2.24, 2.45) is 10.7 Å². The van der Waals surface area contributed by atoms with Crippen LogP contribution in [0, 0.1) is 0 Å². The van der Waals surface area contributed by atoms with Crippen LogP contribution in [0.15, 0.2) is 58.6 Å². The molecule has 4 rings (SSSR count). The van der Waals surface area contributed by atoms with Gasteiger partial charge in [-0.1, -0.05) is 47.5 Å². The topological polar surface area (TPSA) is 60.4 Å². The molecule has 130 valence electrons. The van der Waals surface area contributed by atoms with Crippen molar-refractivity contribution in [1.82, 2.24) is 4.57 Å². The Morgan fingerprint density at radius 2 is 2.00 bits per heavy atom. The highest BCUT2D eigenvalue weighted by Gasteiger charge is 2.20. The minimum absolute atomic E-state index is 0.276. The first-order valence-electron chi connectivity index (χ1n) is 7.81. The predicted octanol–water partition coefficient (Wildman–Crippen LogP) is 4.93. The van der Waals surface area contributed by atoms with Gasteiger partial charge >= 0.3 is 0 Å². The average molecular weight is 402 g/mol. The van der Waals surface area contributed by atoms with E-state index in [0.29, 0.717) is 21.5 Å². The van der Waals surface area contributed by atoms with Gasteiger partial charge in [0.15, 0.2) is 5.17 Å². The van der Waals surface area contributed by atoms with Crippen LogP contribution >= 0.6 is 35.0 Å². The monoisotopic (exact) mass is 401 g/mol. The van der Waals surface area contributed by atoms with Crippen molar-refractivity contribution in [2.75, 3.05) is 0 Å². The predicted molar refractivity (Wildman–Crippen MR) is 110 cm³/mol. The summed E-state index contributed by atoms with van der Waals surface area (Å²) in [4.78, 5) is 16.2. The van der Waals surface area contributed by atoms with Gasteiger partial charge < -0.3 is 10.3 Å². The number of rotatable bonds is 3. The minimum atomic E-state index is -0.301. The molecule has 3 aromatic rings. The first-order valence-corrected chi connectivity index (χ1v) is 9.38. The highest BCUT2D eigenvalue weighted by molar-refractivity contribution is 8.18. The number of nitrogens with zero attached hydrogens (tertiary/aromatic N) is 2. The molecule has 1 aromatic heterocycles. The van der Waals surface area contributed by atoms with E-state index in [9.17, 15) is 4.79 Å². The smallest absolute Gasteiger partial charge is 0.286 e. The molecule has 0 aliphatic carbocycles. The number of amidine groups is 1. The van der Waals surface area contributed by atoms with Gasteiger partial charge in [-0.05, 0) is 41.6 Å². The summed E-state index contributed by atoms with van der Waals surface area (Å²) in [6, 6.07) is 13.5. The summed E-state index contributed by atoms with van der Waals surface area (Å²) in [6.45, 7) is 0.597. The zero-order valence-corrected chi connectivity index (χ0v) is 15.8. The van der Waals surface area contributed by atoms with Gasteiger partial charge in [0.1, 0.15) is 0 Å². The lowest BCUT2D eigenvalue weighted by Gasteiger charge is -2.08. The molecule has 4 nitrogen and oxygen atoms in total. The zero-order valence-electron chi connectivity index (χ0n) is 13.4. The van der Waals surface area contributed by atoms with Gasteiger partial charge in [-0.3, -0.25) is 4.79 Å². The number of hydrogen-bond donors (Lipinski definition) is 1. The fourth-order valence-electron chi connectivity index (χ4n) is 2.92. The Bertz CT molecular complexity index is 1100. The second-order valence-corrected chi connectivity index (χ2v) is 7.74. The number of nitrogens with two attached hydrogens (primary N) is 1. The van der Waals surface area contributed by atoms with E-state index in [1.807, 2.05) is 48.7 Å². The first kappa shape index (κ1) is 17.2. The normalized spacial score (nSPS) is 15.8. The number of fused-ring (bicyclic) bond motifs is 1. The van der Waals surface area contributed by atoms with Crippen molar-refractivity contribution in [3.05, 3.63) is 74.7 Å². The molecule has 1 aliphatic rings. The Hall–Kier alpha value is -2.21. The molecule has 7 heteroatoms. The number of halogens is 2. The number of carbonyl (C=O) groups is 1. The Kier molecular flexibility index (Phi) is 4.53. The van der Waals surface area contributed by atoms with E-state index in [1.54, 1.807) is 6.07 Å². The van der Waals surface area contributed by atoms with Crippen molar-refractivity contribution in [1.29, 1.82) is 0 Å². The number of benzene rings is 2. The lowest BCUT2D eigenvalue weighted by atomic mass is 10.1. The van der Waals surface area contributed by atoms with E-state index >= 15 is 0 Å². The van der Waals surface area contributed by atoms with Gasteiger partial charge in [0.05, 0.1) is 4.91 Å². The molecule has 2 aromatic carbocycles. The molecule has 1 amide bonds. The molecule has 0 unspecified atom stereocenters. The number of para-hydroxylation sites is 1. The Morgan fingerprint density at radius 3 is 2.73 bits per heavy atom. The van der Waals surface area contributed by atoms with Crippen LogP contribution in [0.4, 0.5) is 0 Å². The van der Waals surface area contributed by atoms with Gasteiger partial charge in [0, 0.05) is 39.3 Å². The van der Waals surface area contributed by atoms with Crippen molar-refractivity contribution in [3.63, 3.8) is 0 Å². The molecule has 26 heavy (non-hydrogen) atoms. The third-order valence-corrected chi connectivity index (χ3v) is 5.50. The van der Waals surface area contributed by atoms with Gasteiger partial charge in [-0.25, -0.2) is 0 Å². The number of thioether (sulfide) groups is 1. The standard InChI is InChI=1S/C19H13Cl2N3OS/c20-13-6-5-11(15(21)8-13)9-24-10-12(14-3-1-2-4-16(14)24)7-17-18(25)23-19(22)26-17/h1-8,10H,9H2,(H2,22,23,25)/b17-7-. The van der Waals surface area contributed by atoms with Crippen LogP contribution in [-0.2, 0) is 11.3 Å². The maximum Gasteiger partial charge on any atom is 0.286 e. The van der Waals surface area contributed by atoms with E-state index < -0.39 is 0 Å². The number of aliphatic imine (C=N–C) groups is 1. The Balaban J connectivity index is 1.77. The lowest BCUT2D eigenvalue weighted by molar-refractivity contribution is -0.113. The molecule has 0 atom stereocenters. The van der Waals surface area contributed by atoms with Crippen LogP contribution in [0.1, 0.15) is 11.1 Å². The molecule has 0 spiro atoms. The summed E-state index contributed by atoms with van der Waals surface area (Å²) >= 11 is 13.5. The van der Waals surface area contributed by atoms with Crippen molar-refractivity contribution in [3.8, 4) is 0 Å². The summed E-state index contributed by atoms with van der Waals surface area (Å²) in [5, 5.41) is 2.55. The molecule has 0 saturated carbocycles. The van der Waals surface area contributed by atoms with E-state index in [0.717, 1.165) is 22.0 Å². The maximum absolute atomic E-state index is 11.9. The van der Waals surface area contributed by atoms with Gasteiger partial charge in [0.2, 0.25) is 0 Å². The van der Waals surface area contributed by atoms with Crippen molar-refractivity contribution in [2.45, 2.75) is 6.54 Å². The van der Waals surface area contributed by atoms with Gasteiger partial charge in [-0.2, -0.15) is 4.99 Å². The zero-order chi connectivity index (χ0) is 18.3. The number of carbonyl (C=O) groups excluding carboxylic acids is 1. The first-order chi connectivity index (χ1) is 12.5. The molecule has 0 bridgehead atoms. The third kappa shape index (κ3) is 3.26. The third-order valence-electron chi connectivity index (χ3n) is 4.10.